The minimum Gasteiger partial charge on any atom is -0.304 e. The van der Waals surface area contributed by atoms with Gasteiger partial charge >= 0.3 is 0 Å². The minimum absolute atomic E-state index is 0.291. The lowest BCUT2D eigenvalue weighted by atomic mass is 9.96. The fraction of sp³-hybridized carbons (Fsp3) is 0.471. The lowest BCUT2D eigenvalue weighted by molar-refractivity contribution is 0.492. The molecule has 0 bridgehead atoms. The van der Waals surface area contributed by atoms with Crippen LogP contribution in [0, 0.1) is 20.8 Å². The first-order valence-electron chi connectivity index (χ1n) is 7.21. The first-order valence-corrected chi connectivity index (χ1v) is 7.21. The Hall–Kier alpha value is -1.61. The molecule has 0 saturated heterocycles. The van der Waals surface area contributed by atoms with E-state index in [9.17, 15) is 0 Å². The molecule has 20 heavy (non-hydrogen) atoms. The van der Waals surface area contributed by atoms with Crippen molar-refractivity contribution in [1.29, 1.82) is 0 Å². The largest absolute Gasteiger partial charge is 0.304 e. The summed E-state index contributed by atoms with van der Waals surface area (Å²) >= 11 is 0. The molecule has 2 atom stereocenters. The van der Waals surface area contributed by atoms with Crippen LogP contribution in [0.4, 0.5) is 0 Å². The molecular weight excluding hydrogens is 246 g/mol. The van der Waals surface area contributed by atoms with E-state index in [0.717, 1.165) is 0 Å². The lowest BCUT2D eigenvalue weighted by Gasteiger charge is -2.22. The van der Waals surface area contributed by atoms with Gasteiger partial charge in [0.05, 0.1) is 6.20 Å². The van der Waals surface area contributed by atoms with E-state index in [0.29, 0.717) is 12.1 Å². The second-order valence-corrected chi connectivity index (χ2v) is 5.85. The van der Waals surface area contributed by atoms with Crippen molar-refractivity contribution in [1.82, 2.24) is 15.1 Å². The zero-order valence-electron chi connectivity index (χ0n) is 13.4. The van der Waals surface area contributed by atoms with Gasteiger partial charge in [-0.1, -0.05) is 12.1 Å². The first-order chi connectivity index (χ1) is 9.38. The van der Waals surface area contributed by atoms with Crippen LogP contribution in [0.5, 0.6) is 0 Å². The summed E-state index contributed by atoms with van der Waals surface area (Å²) < 4.78 is 1.85. The van der Waals surface area contributed by atoms with Gasteiger partial charge in [-0.3, -0.25) is 4.68 Å². The molecule has 3 heteroatoms. The van der Waals surface area contributed by atoms with Crippen LogP contribution < -0.4 is 5.32 Å². The molecule has 0 aliphatic heterocycles. The summed E-state index contributed by atoms with van der Waals surface area (Å²) in [7, 11) is 1.95. The Bertz CT molecular complexity index is 598. The van der Waals surface area contributed by atoms with Gasteiger partial charge in [0.15, 0.2) is 0 Å². The Morgan fingerprint density at radius 1 is 1.00 bits per heavy atom. The van der Waals surface area contributed by atoms with E-state index in [-0.39, 0.29) is 0 Å². The van der Waals surface area contributed by atoms with E-state index < -0.39 is 0 Å². The first kappa shape index (κ1) is 14.8. The van der Waals surface area contributed by atoms with Gasteiger partial charge in [0.2, 0.25) is 0 Å². The summed E-state index contributed by atoms with van der Waals surface area (Å²) in [6.07, 6.45) is 4.00. The standard InChI is InChI=1S/C17H25N3/c1-11-7-13(3)17(8-12(11)2)15(5)19-14(4)16-9-18-20(6)10-16/h7-10,14-15,19H,1-6H3/t14-,15-/m0/s1. The number of rotatable bonds is 4. The van der Waals surface area contributed by atoms with Crippen LogP contribution in [0.25, 0.3) is 0 Å². The predicted molar refractivity (Wildman–Crippen MR) is 83.8 cm³/mol. The van der Waals surface area contributed by atoms with Crippen molar-refractivity contribution in [3.8, 4) is 0 Å². The van der Waals surface area contributed by atoms with Gasteiger partial charge in [0, 0.05) is 30.9 Å². The molecule has 3 nitrogen and oxygen atoms in total. The van der Waals surface area contributed by atoms with E-state index in [4.69, 9.17) is 0 Å². The van der Waals surface area contributed by atoms with Gasteiger partial charge in [0.25, 0.3) is 0 Å². The molecule has 1 heterocycles. The molecule has 0 aliphatic rings. The lowest BCUT2D eigenvalue weighted by Crippen LogP contribution is -2.23. The molecule has 0 unspecified atom stereocenters. The van der Waals surface area contributed by atoms with Gasteiger partial charge < -0.3 is 5.32 Å². The minimum atomic E-state index is 0.291. The van der Waals surface area contributed by atoms with Crippen LogP contribution in [-0.4, -0.2) is 9.78 Å². The Labute approximate surface area is 122 Å². The van der Waals surface area contributed by atoms with E-state index in [2.05, 4.69) is 63.4 Å². The summed E-state index contributed by atoms with van der Waals surface area (Å²) in [6, 6.07) is 5.19. The Morgan fingerprint density at radius 2 is 1.65 bits per heavy atom. The van der Waals surface area contributed by atoms with Crippen LogP contribution in [0.15, 0.2) is 24.5 Å². The molecule has 0 fully saturated rings. The highest BCUT2D eigenvalue weighted by Gasteiger charge is 2.14. The maximum atomic E-state index is 4.24. The van der Waals surface area contributed by atoms with E-state index in [1.165, 1.54) is 27.8 Å². The maximum absolute atomic E-state index is 4.24. The molecular formula is C17H25N3. The second kappa shape index (κ2) is 5.80. The predicted octanol–water partition coefficient (Wildman–Crippen LogP) is 3.76. The fourth-order valence-electron chi connectivity index (χ4n) is 2.67. The third kappa shape index (κ3) is 3.10. The molecule has 0 amide bonds. The smallest absolute Gasteiger partial charge is 0.0537 e. The normalized spacial score (nSPS) is 14.3. The summed E-state index contributed by atoms with van der Waals surface area (Å²) in [5, 5.41) is 7.90. The summed E-state index contributed by atoms with van der Waals surface area (Å²) in [5.74, 6) is 0. The maximum Gasteiger partial charge on any atom is 0.0537 e. The molecule has 0 radical (unpaired) electrons. The van der Waals surface area contributed by atoms with Crippen molar-refractivity contribution in [2.45, 2.75) is 46.7 Å². The molecule has 2 aromatic rings. The fourth-order valence-corrected chi connectivity index (χ4v) is 2.67. The van der Waals surface area contributed by atoms with E-state index >= 15 is 0 Å². The average Bonchev–Trinajstić information content (AvgIpc) is 2.80. The Morgan fingerprint density at radius 3 is 2.25 bits per heavy atom. The molecule has 2 rings (SSSR count). The van der Waals surface area contributed by atoms with Crippen molar-refractivity contribution in [3.05, 3.63) is 52.3 Å². The molecule has 0 aliphatic carbocycles. The zero-order chi connectivity index (χ0) is 14.9. The Balaban J connectivity index is 2.16. The van der Waals surface area contributed by atoms with Crippen LogP contribution in [0.1, 0.15) is 53.7 Å². The van der Waals surface area contributed by atoms with Crippen molar-refractivity contribution in [3.63, 3.8) is 0 Å². The molecule has 1 aromatic carbocycles. The van der Waals surface area contributed by atoms with Gasteiger partial charge in [-0.15, -0.1) is 0 Å². The van der Waals surface area contributed by atoms with Crippen LogP contribution >= 0.6 is 0 Å². The zero-order valence-corrected chi connectivity index (χ0v) is 13.4. The summed E-state index contributed by atoms with van der Waals surface area (Å²) in [6.45, 7) is 10.9. The van der Waals surface area contributed by atoms with Crippen molar-refractivity contribution < 1.29 is 0 Å². The number of aromatic nitrogens is 2. The van der Waals surface area contributed by atoms with Crippen LogP contribution in [0.3, 0.4) is 0 Å². The highest BCUT2D eigenvalue weighted by molar-refractivity contribution is 5.38. The van der Waals surface area contributed by atoms with Gasteiger partial charge in [0.1, 0.15) is 0 Å². The highest BCUT2D eigenvalue weighted by Crippen LogP contribution is 2.24. The van der Waals surface area contributed by atoms with Crippen LogP contribution in [0.2, 0.25) is 0 Å². The van der Waals surface area contributed by atoms with Gasteiger partial charge in [-0.05, 0) is 56.9 Å². The Kier molecular flexibility index (Phi) is 4.29. The second-order valence-electron chi connectivity index (χ2n) is 5.85. The van der Waals surface area contributed by atoms with Crippen molar-refractivity contribution in [2.75, 3.05) is 0 Å². The highest BCUT2D eigenvalue weighted by atomic mass is 15.2. The molecule has 0 spiro atoms. The quantitative estimate of drug-likeness (QED) is 0.917. The van der Waals surface area contributed by atoms with E-state index in [1.807, 2.05) is 17.9 Å². The van der Waals surface area contributed by atoms with Crippen molar-refractivity contribution in [2.24, 2.45) is 7.05 Å². The number of hydrogen-bond acceptors (Lipinski definition) is 2. The molecule has 1 aromatic heterocycles. The number of benzene rings is 1. The third-order valence-corrected chi connectivity index (χ3v) is 4.07. The molecule has 0 saturated carbocycles. The monoisotopic (exact) mass is 271 g/mol. The van der Waals surface area contributed by atoms with E-state index in [1.54, 1.807) is 0 Å². The summed E-state index contributed by atoms with van der Waals surface area (Å²) in [4.78, 5) is 0. The van der Waals surface area contributed by atoms with Crippen LogP contribution in [-0.2, 0) is 7.05 Å². The number of nitrogens with one attached hydrogen (secondary N) is 1. The molecule has 1 N–H and O–H groups in total. The number of hydrogen-bond donors (Lipinski definition) is 1. The molecule has 108 valence electrons. The SMILES string of the molecule is Cc1cc(C)c([C@H](C)N[C@@H](C)c2cnn(C)c2)cc1C. The van der Waals surface area contributed by atoms with Crippen molar-refractivity contribution >= 4 is 0 Å². The van der Waals surface area contributed by atoms with Gasteiger partial charge in [-0.2, -0.15) is 5.10 Å². The average molecular weight is 271 g/mol. The number of aryl methyl sites for hydroxylation is 4. The summed E-state index contributed by atoms with van der Waals surface area (Å²) in [5.41, 5.74) is 6.67. The topological polar surface area (TPSA) is 29.9 Å². The third-order valence-electron chi connectivity index (χ3n) is 4.07. The van der Waals surface area contributed by atoms with Gasteiger partial charge in [-0.25, -0.2) is 0 Å². The number of nitrogens with zero attached hydrogens (tertiary/aromatic N) is 2.